The maximum Gasteiger partial charge on any atom is 0.350 e. The molecule has 0 amide bonds. The summed E-state index contributed by atoms with van der Waals surface area (Å²) in [5, 5.41) is 5.12. The zero-order valence-electron chi connectivity index (χ0n) is 16.0. The van der Waals surface area contributed by atoms with Crippen molar-refractivity contribution in [2.75, 3.05) is 0 Å². The molecule has 6 heteroatoms. The Hall–Kier alpha value is -2.89. The van der Waals surface area contributed by atoms with Gasteiger partial charge in [-0.15, -0.1) is 4.68 Å². The highest BCUT2D eigenvalue weighted by atomic mass is 16.2. The zero-order valence-corrected chi connectivity index (χ0v) is 16.0. The number of benzene rings is 1. The molecular weight excluding hydrogens is 340 g/mol. The molecule has 3 aromatic rings. The van der Waals surface area contributed by atoms with E-state index in [0.717, 1.165) is 27.6 Å². The van der Waals surface area contributed by atoms with Crippen LogP contribution in [0.1, 0.15) is 32.8 Å². The molecule has 6 nitrogen and oxygen atoms in total. The summed E-state index contributed by atoms with van der Waals surface area (Å²) < 4.78 is 0.926. The Bertz CT molecular complexity index is 1210. The summed E-state index contributed by atoms with van der Waals surface area (Å²) in [6, 6.07) is 5.83. The molecule has 0 fully saturated rings. The van der Waals surface area contributed by atoms with E-state index >= 15 is 0 Å². The van der Waals surface area contributed by atoms with Crippen molar-refractivity contribution in [1.82, 2.24) is 14.6 Å². The van der Waals surface area contributed by atoms with Crippen molar-refractivity contribution in [3.63, 3.8) is 0 Å². The van der Waals surface area contributed by atoms with Crippen molar-refractivity contribution >= 4 is 28.2 Å². The molecule has 0 saturated carbocycles. The fraction of sp³-hybridized carbons (Fsp3) is 0.381. The third-order valence-corrected chi connectivity index (χ3v) is 5.59. The van der Waals surface area contributed by atoms with Crippen molar-refractivity contribution in [2.45, 2.75) is 34.1 Å². The van der Waals surface area contributed by atoms with E-state index in [1.807, 2.05) is 25.1 Å². The molecule has 0 radical (unpaired) electrons. The number of H-pyrrole nitrogens is 2. The predicted molar refractivity (Wildman–Crippen MR) is 110 cm³/mol. The van der Waals surface area contributed by atoms with Crippen LogP contribution in [-0.4, -0.2) is 20.9 Å². The minimum atomic E-state index is -0.519. The van der Waals surface area contributed by atoms with Crippen LogP contribution in [0, 0.1) is 24.7 Å². The molecule has 0 bridgehead atoms. The van der Waals surface area contributed by atoms with Gasteiger partial charge in [0.1, 0.15) is 5.52 Å². The molecule has 1 aliphatic carbocycles. The quantitative estimate of drug-likeness (QED) is 0.538. The van der Waals surface area contributed by atoms with Gasteiger partial charge in [0.05, 0.1) is 5.52 Å². The number of nitrogens with zero attached hydrogens (tertiary/aromatic N) is 2. The summed E-state index contributed by atoms with van der Waals surface area (Å²) in [7, 11) is 0. The van der Waals surface area contributed by atoms with E-state index in [-0.39, 0.29) is 5.92 Å². The Balaban J connectivity index is 1.82. The van der Waals surface area contributed by atoms with Gasteiger partial charge in [-0.25, -0.2) is 4.79 Å². The number of aromatic amines is 2. The van der Waals surface area contributed by atoms with Crippen LogP contribution >= 0.6 is 0 Å². The fourth-order valence-electron chi connectivity index (χ4n) is 4.28. The first-order valence-electron chi connectivity index (χ1n) is 9.34. The summed E-state index contributed by atoms with van der Waals surface area (Å²) in [4.78, 5) is 31.3. The van der Waals surface area contributed by atoms with Gasteiger partial charge in [0.2, 0.25) is 0 Å². The number of nitrogens with one attached hydrogen (secondary N) is 2. The minimum Gasteiger partial charge on any atom is -0.349 e. The van der Waals surface area contributed by atoms with Crippen molar-refractivity contribution in [2.24, 2.45) is 22.9 Å². The average molecular weight is 364 g/mol. The highest BCUT2D eigenvalue weighted by molar-refractivity contribution is 6.04. The second-order valence-corrected chi connectivity index (χ2v) is 7.87. The molecule has 1 aromatic carbocycles. The lowest BCUT2D eigenvalue weighted by atomic mass is 9.76. The van der Waals surface area contributed by atoms with Crippen molar-refractivity contribution in [1.29, 1.82) is 0 Å². The lowest BCUT2D eigenvalue weighted by molar-refractivity contribution is 0.361. The molecule has 2 heterocycles. The summed E-state index contributed by atoms with van der Waals surface area (Å²) in [6.45, 7) is 8.44. The Morgan fingerprint density at radius 3 is 2.67 bits per heavy atom. The van der Waals surface area contributed by atoms with E-state index in [1.54, 1.807) is 6.21 Å². The van der Waals surface area contributed by atoms with Crippen LogP contribution in [0.3, 0.4) is 0 Å². The number of aryl methyl sites for hydroxylation is 1. The molecule has 3 atom stereocenters. The first kappa shape index (κ1) is 17.5. The predicted octanol–water partition coefficient (Wildman–Crippen LogP) is 3.55. The topological polar surface area (TPSA) is 83.0 Å². The Kier molecular flexibility index (Phi) is 4.13. The van der Waals surface area contributed by atoms with Crippen LogP contribution in [0.2, 0.25) is 0 Å². The average Bonchev–Trinajstić information content (AvgIpc) is 2.94. The lowest BCUT2D eigenvalue weighted by Gasteiger charge is -2.29. The number of rotatable bonds is 2. The molecule has 1 aliphatic rings. The van der Waals surface area contributed by atoms with Gasteiger partial charge in [0.25, 0.3) is 0 Å². The molecule has 0 saturated heterocycles. The number of fused-ring (bicyclic) bond motifs is 3. The van der Waals surface area contributed by atoms with Crippen molar-refractivity contribution < 1.29 is 0 Å². The largest absolute Gasteiger partial charge is 0.350 e. The summed E-state index contributed by atoms with van der Waals surface area (Å²) in [5.41, 5.74) is 3.22. The molecule has 0 spiro atoms. The van der Waals surface area contributed by atoms with Crippen LogP contribution in [0.15, 0.2) is 44.5 Å². The minimum absolute atomic E-state index is 0.195. The van der Waals surface area contributed by atoms with E-state index in [4.69, 9.17) is 0 Å². The van der Waals surface area contributed by atoms with Crippen LogP contribution in [0.4, 0.5) is 0 Å². The monoisotopic (exact) mass is 364 g/mol. The van der Waals surface area contributed by atoms with Gasteiger partial charge in [-0.3, -0.25) is 4.79 Å². The van der Waals surface area contributed by atoms with Crippen LogP contribution in [0.5, 0.6) is 0 Å². The van der Waals surface area contributed by atoms with Gasteiger partial charge in [-0.1, -0.05) is 37.1 Å². The Morgan fingerprint density at radius 1 is 1.15 bits per heavy atom. The molecule has 140 valence electrons. The highest BCUT2D eigenvalue weighted by Gasteiger charge is 2.25. The lowest BCUT2D eigenvalue weighted by Crippen LogP contribution is -2.33. The normalized spacial score (nSPS) is 23.4. The van der Waals surface area contributed by atoms with Gasteiger partial charge in [0, 0.05) is 23.0 Å². The maximum absolute atomic E-state index is 12.9. The van der Waals surface area contributed by atoms with Gasteiger partial charge in [-0.05, 0) is 44.2 Å². The smallest absolute Gasteiger partial charge is 0.349 e. The first-order chi connectivity index (χ1) is 12.8. The van der Waals surface area contributed by atoms with E-state index < -0.39 is 11.2 Å². The van der Waals surface area contributed by atoms with Gasteiger partial charge in [-0.2, -0.15) is 5.10 Å². The maximum atomic E-state index is 12.9. The number of hydrogen-bond acceptors (Lipinski definition) is 3. The third-order valence-electron chi connectivity index (χ3n) is 5.59. The summed E-state index contributed by atoms with van der Waals surface area (Å²) in [6.07, 6.45) is 5.01. The van der Waals surface area contributed by atoms with Crippen molar-refractivity contribution in [3.05, 3.63) is 56.2 Å². The Labute approximate surface area is 156 Å². The number of aromatic nitrogens is 3. The van der Waals surface area contributed by atoms with E-state index in [9.17, 15) is 9.59 Å². The van der Waals surface area contributed by atoms with E-state index in [1.165, 1.54) is 5.57 Å². The SMILES string of the molecule is CC1=C[C@H](C)[C@@H](/C=N\n2c(=O)[nH]c3c([nH]c4ccc(C)cc43)c2=O)[C@H](C)C1. The van der Waals surface area contributed by atoms with Gasteiger partial charge < -0.3 is 9.97 Å². The summed E-state index contributed by atoms with van der Waals surface area (Å²) in [5.74, 6) is 0.941. The van der Waals surface area contributed by atoms with Crippen LogP contribution in [-0.2, 0) is 0 Å². The van der Waals surface area contributed by atoms with E-state index in [0.29, 0.717) is 22.9 Å². The fourth-order valence-corrected chi connectivity index (χ4v) is 4.28. The van der Waals surface area contributed by atoms with E-state index in [2.05, 4.69) is 41.9 Å². The van der Waals surface area contributed by atoms with Crippen molar-refractivity contribution in [3.8, 4) is 0 Å². The molecule has 0 aliphatic heterocycles. The third kappa shape index (κ3) is 2.95. The molecule has 2 N–H and O–H groups in total. The second kappa shape index (κ2) is 6.37. The molecule has 0 unspecified atom stereocenters. The van der Waals surface area contributed by atoms with Gasteiger partial charge >= 0.3 is 11.2 Å². The number of hydrogen-bond donors (Lipinski definition) is 2. The molecule has 2 aromatic heterocycles. The zero-order chi connectivity index (χ0) is 19.3. The standard InChI is InChI=1S/C21H24N4O2/c1-11-5-6-17-15(9-11)18-19(23-17)20(26)25(21(27)24-18)22-10-16-13(3)7-12(2)8-14(16)4/h5-7,9-10,13-14,16,23H,8H2,1-4H3,(H,24,27)/b22-10-/t13-,14+,16+/m0/s1. The van der Waals surface area contributed by atoms with Gasteiger partial charge in [0.15, 0.2) is 0 Å². The van der Waals surface area contributed by atoms with Crippen LogP contribution < -0.4 is 11.2 Å². The van der Waals surface area contributed by atoms with Crippen LogP contribution in [0.25, 0.3) is 21.9 Å². The summed E-state index contributed by atoms with van der Waals surface area (Å²) >= 11 is 0. The second-order valence-electron chi connectivity index (χ2n) is 7.87. The Morgan fingerprint density at radius 2 is 1.93 bits per heavy atom. The molecule has 4 rings (SSSR count). The molecular formula is C21H24N4O2. The molecule has 27 heavy (non-hydrogen) atoms. The first-order valence-corrected chi connectivity index (χ1v) is 9.34. The highest BCUT2D eigenvalue weighted by Crippen LogP contribution is 2.32. The number of allylic oxidation sites excluding steroid dienone is 2.